The van der Waals surface area contributed by atoms with E-state index in [1.165, 1.54) is 0 Å². The Balaban J connectivity index is 4.00. The maximum atomic E-state index is 10.4. The molecule has 0 heterocycles. The zero-order valence-electron chi connectivity index (χ0n) is 6.14. The second-order valence-corrected chi connectivity index (χ2v) is 2.30. The minimum absolute atomic E-state index is 0.648. The van der Waals surface area contributed by atoms with E-state index in [1.807, 2.05) is 0 Å². The Morgan fingerprint density at radius 3 is 2.09 bits per heavy atom. The predicted octanol–water partition coefficient (Wildman–Crippen LogP) is -2.35. The highest BCUT2D eigenvalue weighted by Gasteiger charge is 2.26. The first-order valence-electron chi connectivity index (χ1n) is 3.16. The average Bonchev–Trinajstić information content (AvgIpc) is 2.00. The molecule has 0 aromatic rings. The first kappa shape index (κ1) is 10.5. The summed E-state index contributed by atoms with van der Waals surface area (Å²) in [6.07, 6.45) is -4.72. The van der Waals surface area contributed by atoms with Crippen molar-refractivity contribution in [2.45, 2.75) is 25.2 Å². The lowest BCUT2D eigenvalue weighted by Gasteiger charge is -2.18. The molecule has 0 bridgehead atoms. The average molecular weight is 164 g/mol. The number of hydrogen-bond acceptors (Lipinski definition) is 5. The molecule has 5 nitrogen and oxygen atoms in total. The van der Waals surface area contributed by atoms with Gasteiger partial charge in [-0.05, 0) is 6.92 Å². The van der Waals surface area contributed by atoms with Crippen molar-refractivity contribution >= 4 is 5.78 Å². The van der Waals surface area contributed by atoms with E-state index < -0.39 is 30.7 Å². The van der Waals surface area contributed by atoms with Crippen molar-refractivity contribution in [3.63, 3.8) is 0 Å². The summed E-state index contributed by atoms with van der Waals surface area (Å²) in [6, 6.07) is 0. The fourth-order valence-electron chi connectivity index (χ4n) is 0.559. The smallest absolute Gasteiger partial charge is 0.160 e. The molecule has 1 unspecified atom stereocenters. The monoisotopic (exact) mass is 164 g/mol. The lowest BCUT2D eigenvalue weighted by molar-refractivity contribution is -0.137. The molecule has 66 valence electrons. The standard InChI is InChI=1S/C6H12O5/c1-3(8)5(10)6(11)4(9)2-7/h4-7,9-11H,2H2,1H3/t4-,5?,6+/m1/s1. The second kappa shape index (κ2) is 4.40. The van der Waals surface area contributed by atoms with Crippen LogP contribution in [0.4, 0.5) is 0 Å². The molecule has 0 amide bonds. The topological polar surface area (TPSA) is 98.0 Å². The number of aliphatic hydroxyl groups is 4. The molecule has 0 spiro atoms. The summed E-state index contributed by atoms with van der Waals surface area (Å²) >= 11 is 0. The highest BCUT2D eigenvalue weighted by atomic mass is 16.4. The molecule has 0 saturated carbocycles. The van der Waals surface area contributed by atoms with E-state index in [0.29, 0.717) is 0 Å². The van der Waals surface area contributed by atoms with Gasteiger partial charge in [0.15, 0.2) is 5.78 Å². The summed E-state index contributed by atoms with van der Waals surface area (Å²) in [4.78, 5) is 10.4. The molecule has 11 heavy (non-hydrogen) atoms. The molecule has 0 aliphatic heterocycles. The third-order valence-electron chi connectivity index (χ3n) is 1.32. The summed E-state index contributed by atoms with van der Waals surface area (Å²) in [6.45, 7) is 0.392. The molecule has 0 aromatic carbocycles. The number of rotatable bonds is 4. The number of carbonyl (C=O) groups is 1. The van der Waals surface area contributed by atoms with Crippen molar-refractivity contribution in [2.75, 3.05) is 6.61 Å². The number of carbonyl (C=O) groups excluding carboxylic acids is 1. The molecular formula is C6H12O5. The normalized spacial score (nSPS) is 19.0. The lowest BCUT2D eigenvalue weighted by atomic mass is 10.1. The summed E-state index contributed by atoms with van der Waals surface area (Å²) in [7, 11) is 0. The van der Waals surface area contributed by atoms with E-state index in [9.17, 15) is 4.79 Å². The van der Waals surface area contributed by atoms with Crippen LogP contribution in [0.1, 0.15) is 6.92 Å². The van der Waals surface area contributed by atoms with Crippen LogP contribution in [0.25, 0.3) is 0 Å². The van der Waals surface area contributed by atoms with Crippen LogP contribution in [0.2, 0.25) is 0 Å². The Labute approximate surface area is 63.9 Å². The fourth-order valence-corrected chi connectivity index (χ4v) is 0.559. The molecule has 5 heteroatoms. The summed E-state index contributed by atoms with van der Waals surface area (Å²) in [5, 5.41) is 34.7. The maximum Gasteiger partial charge on any atom is 0.160 e. The fraction of sp³-hybridized carbons (Fsp3) is 0.833. The lowest BCUT2D eigenvalue weighted by Crippen LogP contribution is -2.42. The van der Waals surface area contributed by atoms with Crippen LogP contribution >= 0.6 is 0 Å². The molecule has 0 aromatic heterocycles. The van der Waals surface area contributed by atoms with Gasteiger partial charge in [-0.15, -0.1) is 0 Å². The van der Waals surface area contributed by atoms with E-state index in [0.717, 1.165) is 6.92 Å². The highest BCUT2D eigenvalue weighted by Crippen LogP contribution is 2.00. The van der Waals surface area contributed by atoms with E-state index in [4.69, 9.17) is 20.4 Å². The molecule has 3 atom stereocenters. The summed E-state index contributed by atoms with van der Waals surface area (Å²) < 4.78 is 0. The van der Waals surface area contributed by atoms with Gasteiger partial charge >= 0.3 is 0 Å². The van der Waals surface area contributed by atoms with Crippen molar-refractivity contribution < 1.29 is 25.2 Å². The van der Waals surface area contributed by atoms with Gasteiger partial charge in [0, 0.05) is 0 Å². The van der Waals surface area contributed by atoms with Crippen molar-refractivity contribution in [1.82, 2.24) is 0 Å². The zero-order chi connectivity index (χ0) is 9.02. The van der Waals surface area contributed by atoms with Crippen molar-refractivity contribution in [3.05, 3.63) is 0 Å². The Morgan fingerprint density at radius 1 is 1.36 bits per heavy atom. The van der Waals surface area contributed by atoms with Gasteiger partial charge in [-0.3, -0.25) is 4.79 Å². The van der Waals surface area contributed by atoms with Crippen LogP contribution in [0.5, 0.6) is 0 Å². The third-order valence-corrected chi connectivity index (χ3v) is 1.32. The number of ketones is 1. The van der Waals surface area contributed by atoms with Gasteiger partial charge in [-0.25, -0.2) is 0 Å². The van der Waals surface area contributed by atoms with Gasteiger partial charge in [0.1, 0.15) is 18.3 Å². The zero-order valence-corrected chi connectivity index (χ0v) is 6.14. The third kappa shape index (κ3) is 2.94. The molecule has 0 saturated heterocycles. The predicted molar refractivity (Wildman–Crippen MR) is 35.8 cm³/mol. The number of hydrogen-bond donors (Lipinski definition) is 4. The van der Waals surface area contributed by atoms with Gasteiger partial charge in [-0.1, -0.05) is 0 Å². The summed E-state index contributed by atoms with van der Waals surface area (Å²) in [5.74, 6) is -0.648. The maximum absolute atomic E-state index is 10.4. The minimum Gasteiger partial charge on any atom is -0.394 e. The van der Waals surface area contributed by atoms with Gasteiger partial charge in [-0.2, -0.15) is 0 Å². The number of Topliss-reactive ketones (excluding diaryl/α,β-unsaturated/α-hetero) is 1. The Bertz CT molecular complexity index is 135. The van der Waals surface area contributed by atoms with Gasteiger partial charge < -0.3 is 20.4 Å². The van der Waals surface area contributed by atoms with Crippen LogP contribution in [-0.4, -0.2) is 51.1 Å². The Morgan fingerprint density at radius 2 is 1.82 bits per heavy atom. The first-order chi connectivity index (χ1) is 5.00. The molecule has 0 aliphatic carbocycles. The van der Waals surface area contributed by atoms with E-state index in [1.54, 1.807) is 0 Å². The van der Waals surface area contributed by atoms with Crippen LogP contribution in [-0.2, 0) is 4.79 Å². The second-order valence-electron chi connectivity index (χ2n) is 2.30. The van der Waals surface area contributed by atoms with Gasteiger partial charge in [0.05, 0.1) is 6.61 Å². The first-order valence-corrected chi connectivity index (χ1v) is 3.16. The van der Waals surface area contributed by atoms with E-state index in [2.05, 4.69) is 0 Å². The molecule has 4 N–H and O–H groups in total. The largest absolute Gasteiger partial charge is 0.394 e. The molecule has 0 fully saturated rings. The van der Waals surface area contributed by atoms with Crippen molar-refractivity contribution in [3.8, 4) is 0 Å². The molecule has 0 radical (unpaired) electrons. The molecule has 0 rings (SSSR count). The van der Waals surface area contributed by atoms with Crippen LogP contribution in [0.15, 0.2) is 0 Å². The van der Waals surface area contributed by atoms with Gasteiger partial charge in [0.2, 0.25) is 0 Å². The van der Waals surface area contributed by atoms with Crippen LogP contribution < -0.4 is 0 Å². The summed E-state index contributed by atoms with van der Waals surface area (Å²) in [5.41, 5.74) is 0. The molecular weight excluding hydrogens is 152 g/mol. The number of aliphatic hydroxyl groups excluding tert-OH is 4. The van der Waals surface area contributed by atoms with E-state index in [-0.39, 0.29) is 0 Å². The highest BCUT2D eigenvalue weighted by molar-refractivity contribution is 5.80. The van der Waals surface area contributed by atoms with Crippen LogP contribution in [0.3, 0.4) is 0 Å². The SMILES string of the molecule is CC(=O)C(O)[C@@H](O)[C@H](O)CO. The van der Waals surface area contributed by atoms with Crippen molar-refractivity contribution in [1.29, 1.82) is 0 Å². The quantitative estimate of drug-likeness (QED) is 0.373. The van der Waals surface area contributed by atoms with Crippen LogP contribution in [0, 0.1) is 0 Å². The minimum atomic E-state index is -1.63. The molecule has 0 aliphatic rings. The van der Waals surface area contributed by atoms with E-state index >= 15 is 0 Å². The Hall–Kier alpha value is -0.490. The van der Waals surface area contributed by atoms with Gasteiger partial charge in [0.25, 0.3) is 0 Å². The van der Waals surface area contributed by atoms with Crippen molar-refractivity contribution in [2.24, 2.45) is 0 Å². The Kier molecular flexibility index (Phi) is 4.20.